The summed E-state index contributed by atoms with van der Waals surface area (Å²) in [6.07, 6.45) is 7.50. The number of fused-ring (bicyclic) bond motifs is 1. The van der Waals surface area contributed by atoms with Crippen LogP contribution in [0.25, 0.3) is 0 Å². The van der Waals surface area contributed by atoms with Crippen LogP contribution in [0.3, 0.4) is 0 Å². The Morgan fingerprint density at radius 2 is 1.96 bits per heavy atom. The third-order valence-electron chi connectivity index (χ3n) is 5.82. The van der Waals surface area contributed by atoms with Gasteiger partial charge in [-0.2, -0.15) is 0 Å². The summed E-state index contributed by atoms with van der Waals surface area (Å²) in [5.74, 6) is 0.895. The van der Waals surface area contributed by atoms with Gasteiger partial charge < -0.3 is 14.5 Å². The summed E-state index contributed by atoms with van der Waals surface area (Å²) in [5, 5.41) is 0. The van der Waals surface area contributed by atoms with E-state index in [0.29, 0.717) is 12.6 Å². The van der Waals surface area contributed by atoms with Gasteiger partial charge in [0.15, 0.2) is 0 Å². The van der Waals surface area contributed by atoms with Crippen LogP contribution in [0.5, 0.6) is 5.88 Å². The molecule has 5 heteroatoms. The summed E-state index contributed by atoms with van der Waals surface area (Å²) in [6.45, 7) is 5.39. The van der Waals surface area contributed by atoms with E-state index in [2.05, 4.69) is 11.0 Å². The van der Waals surface area contributed by atoms with Gasteiger partial charge in [0.05, 0.1) is 5.69 Å². The maximum absolute atomic E-state index is 11.5. The maximum Gasteiger partial charge on any atom is 0.219 e. The van der Waals surface area contributed by atoms with Gasteiger partial charge in [-0.15, -0.1) is 0 Å². The number of nitrogens with zero attached hydrogens (tertiary/aromatic N) is 3. The molecule has 3 heterocycles. The number of pyridine rings is 1. The second-order valence-corrected chi connectivity index (χ2v) is 7.38. The van der Waals surface area contributed by atoms with Crippen molar-refractivity contribution in [1.82, 2.24) is 14.8 Å². The van der Waals surface area contributed by atoms with E-state index in [0.717, 1.165) is 62.1 Å². The monoisotopic (exact) mass is 329 g/mol. The van der Waals surface area contributed by atoms with Crippen molar-refractivity contribution in [2.75, 3.05) is 19.6 Å². The van der Waals surface area contributed by atoms with Crippen molar-refractivity contribution in [2.45, 2.75) is 64.1 Å². The molecule has 1 amide bonds. The first-order chi connectivity index (χ1) is 11.7. The molecular formula is C19H27N3O2. The second-order valence-electron chi connectivity index (χ2n) is 7.38. The van der Waals surface area contributed by atoms with Crippen molar-refractivity contribution in [2.24, 2.45) is 0 Å². The lowest BCUT2D eigenvalue weighted by Crippen LogP contribution is -2.46. The Balaban J connectivity index is 1.34. The molecule has 0 atom stereocenters. The highest BCUT2D eigenvalue weighted by atomic mass is 16.5. The van der Waals surface area contributed by atoms with Gasteiger partial charge in [-0.25, -0.2) is 4.98 Å². The van der Waals surface area contributed by atoms with E-state index < -0.39 is 0 Å². The summed E-state index contributed by atoms with van der Waals surface area (Å²) in [7, 11) is 0. The average Bonchev–Trinajstić information content (AvgIpc) is 2.54. The van der Waals surface area contributed by atoms with Crippen LogP contribution in [0.15, 0.2) is 12.1 Å². The predicted molar refractivity (Wildman–Crippen MR) is 91.9 cm³/mol. The van der Waals surface area contributed by atoms with Crippen LogP contribution in [0, 0.1) is 0 Å². The van der Waals surface area contributed by atoms with Gasteiger partial charge in [0.2, 0.25) is 11.8 Å². The van der Waals surface area contributed by atoms with Crippen molar-refractivity contribution in [1.29, 1.82) is 0 Å². The van der Waals surface area contributed by atoms with E-state index in [1.165, 1.54) is 19.3 Å². The minimum absolute atomic E-state index is 0.138. The quantitative estimate of drug-likeness (QED) is 0.854. The summed E-state index contributed by atoms with van der Waals surface area (Å²) in [4.78, 5) is 20.7. The van der Waals surface area contributed by atoms with Crippen LogP contribution in [-0.2, 0) is 17.8 Å². The molecule has 24 heavy (non-hydrogen) atoms. The van der Waals surface area contributed by atoms with E-state index in [-0.39, 0.29) is 5.91 Å². The number of carbonyl (C=O) groups excluding carboxylic acids is 1. The highest BCUT2D eigenvalue weighted by Crippen LogP contribution is 2.28. The molecule has 4 rings (SSSR count). The molecule has 0 unspecified atom stereocenters. The fraction of sp³-hybridized carbons (Fsp3) is 0.684. The van der Waals surface area contributed by atoms with Gasteiger partial charge in [0.25, 0.3) is 0 Å². The Labute approximate surface area is 144 Å². The van der Waals surface area contributed by atoms with Gasteiger partial charge in [0.1, 0.15) is 6.10 Å². The average molecular weight is 329 g/mol. The number of piperidine rings is 1. The van der Waals surface area contributed by atoms with Gasteiger partial charge in [-0.05, 0) is 31.2 Å². The van der Waals surface area contributed by atoms with Gasteiger partial charge in [-0.1, -0.05) is 12.5 Å². The first kappa shape index (κ1) is 15.9. The predicted octanol–water partition coefficient (Wildman–Crippen LogP) is 2.38. The zero-order chi connectivity index (χ0) is 16.5. The summed E-state index contributed by atoms with van der Waals surface area (Å²) >= 11 is 0. The highest BCUT2D eigenvalue weighted by molar-refractivity contribution is 5.73. The summed E-state index contributed by atoms with van der Waals surface area (Å²) < 4.78 is 6.16. The molecule has 5 nitrogen and oxygen atoms in total. The third kappa shape index (κ3) is 3.27. The Morgan fingerprint density at radius 1 is 1.17 bits per heavy atom. The minimum Gasteiger partial charge on any atom is -0.474 e. The van der Waals surface area contributed by atoms with Crippen LogP contribution < -0.4 is 4.74 Å². The molecule has 1 aliphatic carbocycles. The smallest absolute Gasteiger partial charge is 0.219 e. The van der Waals surface area contributed by atoms with E-state index in [9.17, 15) is 4.79 Å². The van der Waals surface area contributed by atoms with Crippen molar-refractivity contribution in [3.05, 3.63) is 23.4 Å². The molecule has 1 saturated heterocycles. The first-order valence-electron chi connectivity index (χ1n) is 9.34. The van der Waals surface area contributed by atoms with Crippen LogP contribution in [-0.4, -0.2) is 52.5 Å². The molecule has 0 spiro atoms. The normalized spacial score (nSPS) is 22.8. The number of hydrogen-bond acceptors (Lipinski definition) is 4. The van der Waals surface area contributed by atoms with Crippen molar-refractivity contribution < 1.29 is 9.53 Å². The number of amides is 1. The number of carbonyl (C=O) groups is 1. The van der Waals surface area contributed by atoms with Crippen LogP contribution in [0.2, 0.25) is 0 Å². The fourth-order valence-electron chi connectivity index (χ4n) is 4.01. The first-order valence-corrected chi connectivity index (χ1v) is 9.34. The van der Waals surface area contributed by atoms with E-state index in [1.54, 1.807) is 6.92 Å². The van der Waals surface area contributed by atoms with Crippen molar-refractivity contribution >= 4 is 5.91 Å². The van der Waals surface area contributed by atoms with E-state index in [1.807, 2.05) is 11.0 Å². The molecule has 1 aromatic rings. The Kier molecular flexibility index (Phi) is 4.44. The molecule has 0 bridgehead atoms. The van der Waals surface area contributed by atoms with Gasteiger partial charge >= 0.3 is 0 Å². The zero-order valence-electron chi connectivity index (χ0n) is 14.5. The van der Waals surface area contributed by atoms with Crippen molar-refractivity contribution in [3.63, 3.8) is 0 Å². The standard InChI is InChI=1S/C19H27N3O2/c1-14(23)22-12-9-18-15(13-22)5-6-19(20-18)24-17-7-10-21(11-8-17)16-3-2-4-16/h5-6,16-17H,2-4,7-13H2,1H3. The molecule has 1 aromatic heterocycles. The van der Waals surface area contributed by atoms with Crippen LogP contribution >= 0.6 is 0 Å². The zero-order valence-corrected chi connectivity index (χ0v) is 14.5. The Morgan fingerprint density at radius 3 is 2.62 bits per heavy atom. The number of rotatable bonds is 3. The third-order valence-corrected chi connectivity index (χ3v) is 5.82. The Bertz CT molecular complexity index is 607. The van der Waals surface area contributed by atoms with E-state index >= 15 is 0 Å². The SMILES string of the molecule is CC(=O)N1CCc2nc(OC3CCN(C4CCC4)CC3)ccc2C1. The largest absolute Gasteiger partial charge is 0.474 e. The lowest BCUT2D eigenvalue weighted by Gasteiger charge is -2.41. The minimum atomic E-state index is 0.138. The topological polar surface area (TPSA) is 45.7 Å². The molecule has 2 aliphatic heterocycles. The number of aromatic nitrogens is 1. The number of hydrogen-bond donors (Lipinski definition) is 0. The van der Waals surface area contributed by atoms with E-state index in [4.69, 9.17) is 9.72 Å². The maximum atomic E-state index is 11.5. The molecule has 2 fully saturated rings. The fourth-order valence-corrected chi connectivity index (χ4v) is 4.01. The van der Waals surface area contributed by atoms with Gasteiger partial charge in [0, 0.05) is 51.6 Å². The molecular weight excluding hydrogens is 302 g/mol. The lowest BCUT2D eigenvalue weighted by atomic mass is 9.90. The summed E-state index contributed by atoms with van der Waals surface area (Å²) in [5.41, 5.74) is 2.25. The van der Waals surface area contributed by atoms with Crippen LogP contribution in [0.4, 0.5) is 0 Å². The highest BCUT2D eigenvalue weighted by Gasteiger charge is 2.29. The second kappa shape index (κ2) is 6.71. The molecule has 1 saturated carbocycles. The Hall–Kier alpha value is -1.62. The molecule has 130 valence electrons. The summed E-state index contributed by atoms with van der Waals surface area (Å²) in [6, 6.07) is 4.90. The molecule has 0 aromatic carbocycles. The lowest BCUT2D eigenvalue weighted by molar-refractivity contribution is -0.129. The van der Waals surface area contributed by atoms with Crippen LogP contribution in [0.1, 0.15) is 50.3 Å². The van der Waals surface area contributed by atoms with Gasteiger partial charge in [-0.3, -0.25) is 4.79 Å². The molecule has 0 radical (unpaired) electrons. The number of likely N-dealkylation sites (tertiary alicyclic amines) is 1. The molecule has 0 N–H and O–H groups in total. The molecule has 3 aliphatic rings. The number of ether oxygens (including phenoxy) is 1. The van der Waals surface area contributed by atoms with Crippen molar-refractivity contribution in [3.8, 4) is 5.88 Å².